The first kappa shape index (κ1) is 15.7. The third-order valence-electron chi connectivity index (χ3n) is 2.49. The number of anilines is 1. The second-order valence-electron chi connectivity index (χ2n) is 3.95. The molecule has 108 valence electrons. The number of nitrogens with one attached hydrogen (secondary N) is 1. The summed E-state index contributed by atoms with van der Waals surface area (Å²) >= 11 is 16.8. The van der Waals surface area contributed by atoms with Gasteiger partial charge in [-0.25, -0.2) is 10.9 Å². The molecule has 2 aromatic rings. The normalized spacial score (nSPS) is 10.0. The molecule has 0 saturated carbocycles. The Morgan fingerprint density at radius 3 is 2.62 bits per heavy atom. The quantitative estimate of drug-likeness (QED) is 0.380. The van der Waals surface area contributed by atoms with Crippen molar-refractivity contribution in [3.05, 3.63) is 58.3 Å². The number of hydrogen-bond donors (Lipinski definition) is 2. The number of thiocarbonyl (C=S) groups is 1. The van der Waals surface area contributed by atoms with Crippen molar-refractivity contribution in [2.24, 2.45) is 5.84 Å². The van der Waals surface area contributed by atoms with E-state index in [-0.39, 0.29) is 10.8 Å². The third-order valence-corrected chi connectivity index (χ3v) is 3.53. The van der Waals surface area contributed by atoms with Gasteiger partial charge in [0.2, 0.25) is 0 Å². The number of hydrazine groups is 1. The molecule has 1 aromatic carbocycles. The van der Waals surface area contributed by atoms with Gasteiger partial charge in [-0.05, 0) is 42.5 Å². The standard InChI is InChI=1S/C13H10Cl2N4OS/c14-9-5-4-8(7-10(9)15)18-13(21)19(16)12(20)11-3-1-2-6-17-11/h1-7H,16H2,(H,18,21). The molecule has 0 aliphatic carbocycles. The van der Waals surface area contributed by atoms with Gasteiger partial charge < -0.3 is 5.32 Å². The molecule has 0 unspecified atom stereocenters. The lowest BCUT2D eigenvalue weighted by molar-refractivity contribution is 0.0844. The molecule has 0 aliphatic heterocycles. The topological polar surface area (TPSA) is 71.2 Å². The largest absolute Gasteiger partial charge is 0.331 e. The molecule has 3 N–H and O–H groups in total. The molecule has 0 fully saturated rings. The minimum Gasteiger partial charge on any atom is -0.331 e. The minimum absolute atomic E-state index is 0.0176. The van der Waals surface area contributed by atoms with E-state index in [9.17, 15) is 4.79 Å². The van der Waals surface area contributed by atoms with Gasteiger partial charge in [0.05, 0.1) is 10.0 Å². The van der Waals surface area contributed by atoms with E-state index >= 15 is 0 Å². The van der Waals surface area contributed by atoms with E-state index in [1.54, 1.807) is 36.4 Å². The zero-order chi connectivity index (χ0) is 15.4. The Kier molecular flexibility index (Phi) is 5.08. The summed E-state index contributed by atoms with van der Waals surface area (Å²) < 4.78 is 0. The number of hydrogen-bond acceptors (Lipinski definition) is 4. The fourth-order valence-electron chi connectivity index (χ4n) is 1.46. The smallest absolute Gasteiger partial charge is 0.292 e. The molecule has 8 heteroatoms. The van der Waals surface area contributed by atoms with Crippen LogP contribution in [0.25, 0.3) is 0 Å². The van der Waals surface area contributed by atoms with E-state index in [0.29, 0.717) is 15.7 Å². The molecule has 0 bridgehead atoms. The highest BCUT2D eigenvalue weighted by Gasteiger charge is 2.17. The number of carbonyl (C=O) groups is 1. The molecule has 0 radical (unpaired) electrons. The van der Waals surface area contributed by atoms with E-state index in [0.717, 1.165) is 5.01 Å². The fraction of sp³-hybridized carbons (Fsp3) is 0. The number of amides is 1. The minimum atomic E-state index is -0.520. The number of halogens is 2. The molecule has 0 aliphatic rings. The van der Waals surface area contributed by atoms with E-state index in [4.69, 9.17) is 41.3 Å². The first-order chi connectivity index (χ1) is 9.99. The second-order valence-corrected chi connectivity index (χ2v) is 5.15. The van der Waals surface area contributed by atoms with Crippen LogP contribution >= 0.6 is 35.4 Å². The Morgan fingerprint density at radius 1 is 1.24 bits per heavy atom. The number of nitrogens with zero attached hydrogens (tertiary/aromatic N) is 2. The number of carbonyl (C=O) groups excluding carboxylic acids is 1. The molecule has 1 heterocycles. The highest BCUT2D eigenvalue weighted by Crippen LogP contribution is 2.25. The molecule has 0 saturated heterocycles. The summed E-state index contributed by atoms with van der Waals surface area (Å²) in [7, 11) is 0. The predicted octanol–water partition coefficient (Wildman–Crippen LogP) is 3.10. The average Bonchev–Trinajstić information content (AvgIpc) is 2.50. The van der Waals surface area contributed by atoms with Crippen LogP contribution in [0.15, 0.2) is 42.6 Å². The van der Waals surface area contributed by atoms with Crippen LogP contribution in [0.2, 0.25) is 10.0 Å². The second kappa shape index (κ2) is 6.82. The van der Waals surface area contributed by atoms with Crippen LogP contribution < -0.4 is 11.2 Å². The Morgan fingerprint density at radius 2 is 2.00 bits per heavy atom. The Balaban J connectivity index is 2.09. The van der Waals surface area contributed by atoms with Crippen molar-refractivity contribution in [1.29, 1.82) is 0 Å². The lowest BCUT2D eigenvalue weighted by atomic mass is 10.3. The van der Waals surface area contributed by atoms with E-state index in [1.807, 2.05) is 0 Å². The summed E-state index contributed by atoms with van der Waals surface area (Å²) in [5.41, 5.74) is 0.761. The third kappa shape index (κ3) is 3.89. The Bertz CT molecular complexity index is 681. The lowest BCUT2D eigenvalue weighted by Gasteiger charge is -2.18. The molecule has 2 rings (SSSR count). The molecule has 1 aromatic heterocycles. The maximum atomic E-state index is 12.1. The summed E-state index contributed by atoms with van der Waals surface area (Å²) in [5.74, 6) is 5.17. The molecular weight excluding hydrogens is 331 g/mol. The number of benzene rings is 1. The van der Waals surface area contributed by atoms with E-state index in [1.165, 1.54) is 6.20 Å². The number of rotatable bonds is 2. The molecule has 0 spiro atoms. The van der Waals surface area contributed by atoms with Gasteiger partial charge in [0.25, 0.3) is 5.91 Å². The Labute approximate surface area is 136 Å². The van der Waals surface area contributed by atoms with E-state index in [2.05, 4.69) is 10.3 Å². The molecule has 5 nitrogen and oxygen atoms in total. The molecular formula is C13H10Cl2N4OS. The van der Waals surface area contributed by atoms with Crippen molar-refractivity contribution < 1.29 is 4.79 Å². The van der Waals surface area contributed by atoms with Crippen LogP contribution in [0.1, 0.15) is 10.5 Å². The lowest BCUT2D eigenvalue weighted by Crippen LogP contribution is -2.45. The van der Waals surface area contributed by atoms with Gasteiger partial charge in [-0.15, -0.1) is 0 Å². The maximum absolute atomic E-state index is 12.1. The van der Waals surface area contributed by atoms with Crippen molar-refractivity contribution in [2.75, 3.05) is 5.32 Å². The van der Waals surface area contributed by atoms with Crippen LogP contribution in [0.3, 0.4) is 0 Å². The zero-order valence-electron chi connectivity index (χ0n) is 10.6. The van der Waals surface area contributed by atoms with Crippen LogP contribution in [0.4, 0.5) is 5.69 Å². The summed E-state index contributed by atoms with van der Waals surface area (Å²) in [6.07, 6.45) is 1.50. The number of nitrogens with two attached hydrogens (primary N) is 1. The predicted molar refractivity (Wildman–Crippen MR) is 87.3 cm³/mol. The first-order valence-corrected chi connectivity index (χ1v) is 6.91. The summed E-state index contributed by atoms with van der Waals surface area (Å²) in [5, 5.41) is 4.41. The maximum Gasteiger partial charge on any atom is 0.292 e. The van der Waals surface area contributed by atoms with Gasteiger partial charge >= 0.3 is 0 Å². The van der Waals surface area contributed by atoms with Gasteiger partial charge in [-0.1, -0.05) is 29.3 Å². The van der Waals surface area contributed by atoms with Crippen molar-refractivity contribution >= 4 is 52.1 Å². The molecule has 21 heavy (non-hydrogen) atoms. The van der Waals surface area contributed by atoms with Gasteiger partial charge in [-0.2, -0.15) is 0 Å². The van der Waals surface area contributed by atoms with Crippen molar-refractivity contribution in [3.63, 3.8) is 0 Å². The van der Waals surface area contributed by atoms with Crippen molar-refractivity contribution in [2.45, 2.75) is 0 Å². The first-order valence-electron chi connectivity index (χ1n) is 5.75. The summed E-state index contributed by atoms with van der Waals surface area (Å²) in [6, 6.07) is 9.78. The number of pyridine rings is 1. The zero-order valence-corrected chi connectivity index (χ0v) is 12.9. The van der Waals surface area contributed by atoms with Crippen LogP contribution in [0.5, 0.6) is 0 Å². The van der Waals surface area contributed by atoms with Crippen LogP contribution in [-0.4, -0.2) is 21.0 Å². The van der Waals surface area contributed by atoms with Crippen molar-refractivity contribution in [1.82, 2.24) is 9.99 Å². The highest BCUT2D eigenvalue weighted by atomic mass is 35.5. The fourth-order valence-corrected chi connectivity index (χ4v) is 1.96. The van der Waals surface area contributed by atoms with Gasteiger partial charge in [-0.3, -0.25) is 9.78 Å². The monoisotopic (exact) mass is 340 g/mol. The SMILES string of the molecule is NN(C(=O)c1ccccn1)C(=S)Nc1ccc(Cl)c(Cl)c1. The van der Waals surface area contributed by atoms with Crippen LogP contribution in [-0.2, 0) is 0 Å². The molecule has 1 amide bonds. The van der Waals surface area contributed by atoms with E-state index < -0.39 is 5.91 Å². The van der Waals surface area contributed by atoms with Crippen LogP contribution in [0, 0.1) is 0 Å². The van der Waals surface area contributed by atoms with Gasteiger partial charge in [0.1, 0.15) is 5.69 Å². The van der Waals surface area contributed by atoms with Gasteiger partial charge in [0, 0.05) is 11.9 Å². The molecule has 0 atom stereocenters. The summed E-state index contributed by atoms with van der Waals surface area (Å²) in [4.78, 5) is 16.0. The average molecular weight is 341 g/mol. The highest BCUT2D eigenvalue weighted by molar-refractivity contribution is 7.80. The van der Waals surface area contributed by atoms with Gasteiger partial charge in [0.15, 0.2) is 5.11 Å². The van der Waals surface area contributed by atoms with Crippen molar-refractivity contribution in [3.8, 4) is 0 Å². The Hall–Kier alpha value is -1.73. The number of aromatic nitrogens is 1. The summed E-state index contributed by atoms with van der Waals surface area (Å²) in [6.45, 7) is 0.